The first-order valence-electron chi connectivity index (χ1n) is 13.2. The van der Waals surface area contributed by atoms with Gasteiger partial charge in [-0.1, -0.05) is 176 Å². The number of unbranched alkanes of at least 4 members (excludes halogenated alkanes) is 18. The van der Waals surface area contributed by atoms with Crippen molar-refractivity contribution < 1.29 is 0 Å². The average molecular weight is 385 g/mol. The monoisotopic (exact) mass is 384 g/mol. The molecule has 0 spiro atoms. The van der Waals surface area contributed by atoms with E-state index in [0.717, 1.165) is 0 Å². The zero-order valence-electron chi connectivity index (χ0n) is 20.8. The fourth-order valence-corrected chi connectivity index (χ4v) is 3.09. The average Bonchev–Trinajstić information content (AvgIpc) is 2.69. The zero-order valence-corrected chi connectivity index (χ0v) is 20.8. The van der Waals surface area contributed by atoms with E-state index in [9.17, 15) is 0 Å². The van der Waals surface area contributed by atoms with E-state index in [1.54, 1.807) is 0 Å². The first-order valence-corrected chi connectivity index (χ1v) is 13.2. The largest absolute Gasteiger partial charge is 0.0654 e. The van der Waals surface area contributed by atoms with Crippen LogP contribution in [0.25, 0.3) is 0 Å². The summed E-state index contributed by atoms with van der Waals surface area (Å²) >= 11 is 0. The Bertz CT molecular complexity index is 164. The minimum absolute atomic E-state index is 1.36. The third-order valence-electron chi connectivity index (χ3n) is 5.12. The fraction of sp³-hybridized carbons (Fsp3) is 1.00. The first kappa shape index (κ1) is 31.7. The Hall–Kier alpha value is 0. The summed E-state index contributed by atoms with van der Waals surface area (Å²) in [5.41, 5.74) is 0. The van der Waals surface area contributed by atoms with Crippen LogP contribution in [0.1, 0.15) is 176 Å². The summed E-state index contributed by atoms with van der Waals surface area (Å²) in [6.07, 6.45) is 29.9. The van der Waals surface area contributed by atoms with Gasteiger partial charge in [0, 0.05) is 0 Å². The Morgan fingerprint density at radius 2 is 0.296 bits per heavy atom. The lowest BCUT2D eigenvalue weighted by Gasteiger charge is -1.97. The van der Waals surface area contributed by atoms with Crippen molar-refractivity contribution in [2.45, 2.75) is 176 Å². The molecule has 0 atom stereocenters. The van der Waals surface area contributed by atoms with Gasteiger partial charge in [0.25, 0.3) is 0 Å². The van der Waals surface area contributed by atoms with Crippen molar-refractivity contribution in [3.05, 3.63) is 0 Å². The smallest absolute Gasteiger partial charge is 0.0533 e. The van der Waals surface area contributed by atoms with E-state index in [2.05, 4.69) is 41.5 Å². The molecule has 0 fully saturated rings. The van der Waals surface area contributed by atoms with Crippen LogP contribution < -0.4 is 0 Å². The maximum absolute atomic E-state index is 2.27. The standard InChI is InChI=1S/C10H22.C9H20.C8H18/c1-3-5-7-9-10-8-6-4-2;1-3-5-7-9-8-6-4-2;1-3-5-7-8-6-4-2/h3-10H2,1-2H3;3-9H2,1-2H3;3-8H2,1-2H3. The highest BCUT2D eigenvalue weighted by Gasteiger charge is 1.88. The van der Waals surface area contributed by atoms with Crippen molar-refractivity contribution in [2.75, 3.05) is 0 Å². The Labute approximate surface area is 176 Å². The quantitative estimate of drug-likeness (QED) is 0.206. The van der Waals surface area contributed by atoms with Crippen LogP contribution in [0.5, 0.6) is 0 Å². The zero-order chi connectivity index (χ0) is 20.8. The molecule has 0 aromatic rings. The van der Waals surface area contributed by atoms with Gasteiger partial charge in [0.2, 0.25) is 0 Å². The van der Waals surface area contributed by atoms with Crippen LogP contribution in [0, 0.1) is 0 Å². The predicted octanol–water partition coefficient (Wildman–Crippen LogP) is 11.3. The van der Waals surface area contributed by atoms with Crippen LogP contribution in [0.3, 0.4) is 0 Å². The maximum atomic E-state index is 2.27. The van der Waals surface area contributed by atoms with Crippen LogP contribution in [-0.4, -0.2) is 0 Å². The molecule has 0 rings (SSSR count). The number of rotatable bonds is 18. The maximum Gasteiger partial charge on any atom is -0.0533 e. The van der Waals surface area contributed by atoms with E-state index in [0.29, 0.717) is 0 Å². The minimum Gasteiger partial charge on any atom is -0.0654 e. The van der Waals surface area contributed by atoms with Gasteiger partial charge in [-0.2, -0.15) is 0 Å². The lowest BCUT2D eigenvalue weighted by Crippen LogP contribution is -1.77. The molecule has 0 aliphatic heterocycles. The highest BCUT2D eigenvalue weighted by Crippen LogP contribution is 2.07. The van der Waals surface area contributed by atoms with Crippen LogP contribution in [-0.2, 0) is 0 Å². The van der Waals surface area contributed by atoms with Gasteiger partial charge in [-0.15, -0.1) is 0 Å². The Balaban J connectivity index is -0.000000322. The van der Waals surface area contributed by atoms with E-state index in [1.165, 1.54) is 135 Å². The van der Waals surface area contributed by atoms with E-state index in [-0.39, 0.29) is 0 Å². The molecule has 0 aromatic heterocycles. The third-order valence-corrected chi connectivity index (χ3v) is 5.12. The second-order valence-corrected chi connectivity index (χ2v) is 8.30. The molecule has 0 aliphatic rings. The molecule has 27 heavy (non-hydrogen) atoms. The van der Waals surface area contributed by atoms with Gasteiger partial charge in [-0.05, 0) is 0 Å². The molecule has 0 saturated heterocycles. The molecule has 168 valence electrons. The van der Waals surface area contributed by atoms with E-state index in [1.807, 2.05) is 0 Å². The second-order valence-electron chi connectivity index (χ2n) is 8.30. The normalized spacial score (nSPS) is 10.0. The van der Waals surface area contributed by atoms with Crippen molar-refractivity contribution in [3.63, 3.8) is 0 Å². The van der Waals surface area contributed by atoms with Gasteiger partial charge in [-0.25, -0.2) is 0 Å². The van der Waals surface area contributed by atoms with Crippen molar-refractivity contribution in [2.24, 2.45) is 0 Å². The third kappa shape index (κ3) is 46.2. The summed E-state index contributed by atoms with van der Waals surface area (Å²) in [6.45, 7) is 13.6. The first-order chi connectivity index (χ1) is 13.2. The molecule has 0 aromatic carbocycles. The topological polar surface area (TPSA) is 0 Å². The van der Waals surface area contributed by atoms with Gasteiger partial charge in [0.15, 0.2) is 0 Å². The van der Waals surface area contributed by atoms with Crippen molar-refractivity contribution in [1.82, 2.24) is 0 Å². The molecule has 0 heterocycles. The van der Waals surface area contributed by atoms with E-state index < -0.39 is 0 Å². The second kappa shape index (κ2) is 36.8. The van der Waals surface area contributed by atoms with Gasteiger partial charge >= 0.3 is 0 Å². The van der Waals surface area contributed by atoms with Crippen LogP contribution in [0.15, 0.2) is 0 Å². The van der Waals surface area contributed by atoms with E-state index >= 15 is 0 Å². The van der Waals surface area contributed by atoms with Crippen LogP contribution >= 0.6 is 0 Å². The summed E-state index contributed by atoms with van der Waals surface area (Å²) in [4.78, 5) is 0. The SMILES string of the molecule is CCCCCCCC.CCCCCCCCC.CCCCCCCCCC. The van der Waals surface area contributed by atoms with Crippen molar-refractivity contribution >= 4 is 0 Å². The Morgan fingerprint density at radius 3 is 0.407 bits per heavy atom. The summed E-state index contributed by atoms with van der Waals surface area (Å²) in [5.74, 6) is 0. The lowest BCUT2D eigenvalue weighted by atomic mass is 10.1. The highest BCUT2D eigenvalue weighted by molar-refractivity contribution is 4.43. The van der Waals surface area contributed by atoms with E-state index in [4.69, 9.17) is 0 Å². The molecular formula is C27H60. The minimum atomic E-state index is 1.36. The summed E-state index contributed by atoms with van der Waals surface area (Å²) in [6, 6.07) is 0. The predicted molar refractivity (Wildman–Crippen MR) is 131 cm³/mol. The van der Waals surface area contributed by atoms with Gasteiger partial charge in [0.05, 0.1) is 0 Å². The molecular weight excluding hydrogens is 324 g/mol. The van der Waals surface area contributed by atoms with Crippen molar-refractivity contribution in [1.29, 1.82) is 0 Å². The number of hydrogen-bond donors (Lipinski definition) is 0. The highest BCUT2D eigenvalue weighted by atomic mass is 13.9. The van der Waals surface area contributed by atoms with Crippen molar-refractivity contribution in [3.8, 4) is 0 Å². The molecule has 0 amide bonds. The molecule has 0 heteroatoms. The molecule has 0 nitrogen and oxygen atoms in total. The number of hydrogen-bond acceptors (Lipinski definition) is 0. The molecule has 0 unspecified atom stereocenters. The summed E-state index contributed by atoms with van der Waals surface area (Å²) in [7, 11) is 0. The molecule has 0 bridgehead atoms. The lowest BCUT2D eigenvalue weighted by molar-refractivity contribution is 0.585. The van der Waals surface area contributed by atoms with Gasteiger partial charge in [-0.3, -0.25) is 0 Å². The summed E-state index contributed by atoms with van der Waals surface area (Å²) < 4.78 is 0. The molecule has 0 aliphatic carbocycles. The molecule has 0 radical (unpaired) electrons. The Kier molecular flexibility index (Phi) is 43.2. The van der Waals surface area contributed by atoms with Crippen LogP contribution in [0.4, 0.5) is 0 Å². The Morgan fingerprint density at radius 1 is 0.185 bits per heavy atom. The van der Waals surface area contributed by atoms with Crippen LogP contribution in [0.2, 0.25) is 0 Å². The summed E-state index contributed by atoms with van der Waals surface area (Å²) in [5, 5.41) is 0. The van der Waals surface area contributed by atoms with Gasteiger partial charge < -0.3 is 0 Å². The fourth-order valence-electron chi connectivity index (χ4n) is 3.09. The molecule has 0 N–H and O–H groups in total. The molecule has 0 saturated carbocycles. The van der Waals surface area contributed by atoms with Gasteiger partial charge in [0.1, 0.15) is 0 Å².